The fourth-order valence-corrected chi connectivity index (χ4v) is 4.65. The van der Waals surface area contributed by atoms with Crippen molar-refractivity contribution in [3.63, 3.8) is 0 Å². The number of pyridine rings is 1. The van der Waals surface area contributed by atoms with Gasteiger partial charge in [-0.05, 0) is 51.9 Å². The largest absolute Gasteiger partial charge is 0.372 e. The zero-order valence-electron chi connectivity index (χ0n) is 16.6. The molecule has 2 aliphatic heterocycles. The number of aromatic nitrogens is 1. The molecule has 0 aliphatic carbocycles. The molecule has 5 nitrogen and oxygen atoms in total. The molecule has 2 unspecified atom stereocenters. The van der Waals surface area contributed by atoms with Gasteiger partial charge >= 0.3 is 0 Å². The minimum atomic E-state index is 0.121. The molecule has 0 spiro atoms. The van der Waals surface area contributed by atoms with Crippen LogP contribution in [0.25, 0.3) is 10.9 Å². The van der Waals surface area contributed by atoms with Crippen LogP contribution < -0.4 is 0 Å². The molecule has 0 saturated carbocycles. The summed E-state index contributed by atoms with van der Waals surface area (Å²) in [6, 6.07) is 10.2. The third-order valence-electron chi connectivity index (χ3n) is 5.81. The Kier molecular flexibility index (Phi) is 5.85. The van der Waals surface area contributed by atoms with Gasteiger partial charge in [0, 0.05) is 36.5 Å². The van der Waals surface area contributed by atoms with Crippen LogP contribution in [-0.2, 0) is 16.1 Å². The number of likely N-dealkylation sites (tertiary alicyclic amines) is 1. The van der Waals surface area contributed by atoms with Crippen LogP contribution in [0.1, 0.15) is 32.3 Å². The van der Waals surface area contributed by atoms with Crippen molar-refractivity contribution in [1.29, 1.82) is 0 Å². The fourth-order valence-electron chi connectivity index (χ4n) is 4.44. The Bertz CT molecular complexity index is 841. The van der Waals surface area contributed by atoms with Crippen LogP contribution in [0.5, 0.6) is 0 Å². The molecule has 2 aromatic rings. The number of para-hydroxylation sites is 1. The number of morpholine rings is 1. The quantitative estimate of drug-likeness (QED) is 0.735. The van der Waals surface area contributed by atoms with Crippen molar-refractivity contribution in [2.24, 2.45) is 5.92 Å². The highest BCUT2D eigenvalue weighted by Crippen LogP contribution is 2.26. The molecule has 28 heavy (non-hydrogen) atoms. The van der Waals surface area contributed by atoms with Crippen LogP contribution in [0.4, 0.5) is 0 Å². The molecule has 2 aliphatic rings. The van der Waals surface area contributed by atoms with E-state index in [2.05, 4.69) is 22.0 Å². The lowest BCUT2D eigenvalue weighted by Gasteiger charge is -2.39. The second-order valence-electron chi connectivity index (χ2n) is 8.18. The molecule has 4 rings (SSSR count). The normalized spacial score (nSPS) is 24.6. The second kappa shape index (κ2) is 8.36. The first-order chi connectivity index (χ1) is 13.5. The topological polar surface area (TPSA) is 45.7 Å². The van der Waals surface area contributed by atoms with Crippen molar-refractivity contribution in [3.8, 4) is 0 Å². The lowest BCUT2D eigenvalue weighted by molar-refractivity contribution is -0.148. The van der Waals surface area contributed by atoms with E-state index in [4.69, 9.17) is 16.3 Å². The molecule has 0 radical (unpaired) electrons. The highest BCUT2D eigenvalue weighted by Gasteiger charge is 2.32. The highest BCUT2D eigenvalue weighted by molar-refractivity contribution is 6.30. The Morgan fingerprint density at radius 3 is 2.57 bits per heavy atom. The van der Waals surface area contributed by atoms with E-state index in [1.54, 1.807) is 0 Å². The van der Waals surface area contributed by atoms with Gasteiger partial charge in [-0.25, -0.2) is 4.98 Å². The molecule has 1 amide bonds. The molecular formula is C22H28ClN3O2. The van der Waals surface area contributed by atoms with Crippen LogP contribution >= 0.6 is 11.6 Å². The van der Waals surface area contributed by atoms with E-state index in [0.717, 1.165) is 48.9 Å². The van der Waals surface area contributed by atoms with E-state index in [1.807, 2.05) is 36.9 Å². The minimum Gasteiger partial charge on any atom is -0.372 e. The van der Waals surface area contributed by atoms with Gasteiger partial charge in [-0.1, -0.05) is 29.8 Å². The predicted octanol–water partition coefficient (Wildman–Crippen LogP) is 3.74. The molecule has 2 atom stereocenters. The van der Waals surface area contributed by atoms with Gasteiger partial charge in [-0.15, -0.1) is 0 Å². The number of hydrogen-bond acceptors (Lipinski definition) is 4. The summed E-state index contributed by atoms with van der Waals surface area (Å²) in [4.78, 5) is 21.8. The van der Waals surface area contributed by atoms with Crippen molar-refractivity contribution in [1.82, 2.24) is 14.8 Å². The molecule has 1 aromatic carbocycles. The number of piperidine rings is 1. The standard InChI is InChI=1S/C22H28ClN3O2/c1-15-12-26(13-16(2)28-15)22(27)17-7-9-25(10-8-17)14-19-11-18-5-3-4-6-20(18)24-21(19)23/h3-6,11,15-17H,7-10,12-14H2,1-2H3. The van der Waals surface area contributed by atoms with Crippen molar-refractivity contribution >= 4 is 28.4 Å². The number of ether oxygens (including phenoxy) is 1. The van der Waals surface area contributed by atoms with Gasteiger partial charge in [0.2, 0.25) is 5.91 Å². The van der Waals surface area contributed by atoms with Crippen molar-refractivity contribution in [2.45, 2.75) is 45.4 Å². The average Bonchev–Trinajstić information content (AvgIpc) is 2.68. The van der Waals surface area contributed by atoms with Gasteiger partial charge in [-0.3, -0.25) is 9.69 Å². The zero-order valence-corrected chi connectivity index (χ0v) is 17.4. The molecule has 6 heteroatoms. The number of rotatable bonds is 3. The smallest absolute Gasteiger partial charge is 0.225 e. The van der Waals surface area contributed by atoms with Gasteiger partial charge in [-0.2, -0.15) is 0 Å². The van der Waals surface area contributed by atoms with Gasteiger partial charge in [0.25, 0.3) is 0 Å². The van der Waals surface area contributed by atoms with Gasteiger partial charge in [0.05, 0.1) is 17.7 Å². The molecular weight excluding hydrogens is 374 g/mol. The fraction of sp³-hybridized carbons (Fsp3) is 0.545. The van der Waals surface area contributed by atoms with Crippen molar-refractivity contribution in [2.75, 3.05) is 26.2 Å². The number of fused-ring (bicyclic) bond motifs is 1. The van der Waals surface area contributed by atoms with Crippen LogP contribution in [0.2, 0.25) is 5.15 Å². The summed E-state index contributed by atoms with van der Waals surface area (Å²) in [7, 11) is 0. The van der Waals surface area contributed by atoms with Crippen LogP contribution in [-0.4, -0.2) is 59.1 Å². The van der Waals surface area contributed by atoms with Crippen LogP contribution in [0, 0.1) is 5.92 Å². The molecule has 150 valence electrons. The number of hydrogen-bond donors (Lipinski definition) is 0. The van der Waals surface area contributed by atoms with E-state index in [-0.39, 0.29) is 18.1 Å². The Hall–Kier alpha value is -1.69. The Balaban J connectivity index is 1.35. The maximum atomic E-state index is 12.9. The Morgan fingerprint density at radius 1 is 1.18 bits per heavy atom. The summed E-state index contributed by atoms with van der Waals surface area (Å²) in [6.07, 6.45) is 2.04. The van der Waals surface area contributed by atoms with E-state index in [9.17, 15) is 4.79 Å². The molecule has 1 aromatic heterocycles. The maximum absolute atomic E-state index is 12.9. The SMILES string of the molecule is CC1CN(C(=O)C2CCN(Cc3cc4ccccc4nc3Cl)CC2)CC(C)O1. The maximum Gasteiger partial charge on any atom is 0.225 e. The first-order valence-electron chi connectivity index (χ1n) is 10.2. The second-order valence-corrected chi connectivity index (χ2v) is 8.54. The highest BCUT2D eigenvalue weighted by atomic mass is 35.5. The van der Waals surface area contributed by atoms with E-state index in [1.165, 1.54) is 0 Å². The van der Waals surface area contributed by atoms with Crippen molar-refractivity contribution in [3.05, 3.63) is 41.0 Å². The van der Waals surface area contributed by atoms with Crippen molar-refractivity contribution < 1.29 is 9.53 Å². The van der Waals surface area contributed by atoms with Crippen LogP contribution in [0.3, 0.4) is 0 Å². The first-order valence-corrected chi connectivity index (χ1v) is 10.6. The average molecular weight is 402 g/mol. The number of amides is 1. The van der Waals surface area contributed by atoms with E-state index >= 15 is 0 Å². The number of benzene rings is 1. The van der Waals surface area contributed by atoms with Crippen LogP contribution in [0.15, 0.2) is 30.3 Å². The number of carbonyl (C=O) groups excluding carboxylic acids is 1. The van der Waals surface area contributed by atoms with Gasteiger partial charge < -0.3 is 9.64 Å². The summed E-state index contributed by atoms with van der Waals surface area (Å²) >= 11 is 6.42. The zero-order chi connectivity index (χ0) is 19.7. The molecule has 2 fully saturated rings. The third-order valence-corrected chi connectivity index (χ3v) is 6.14. The molecule has 2 saturated heterocycles. The minimum absolute atomic E-state index is 0.121. The third kappa shape index (κ3) is 4.32. The summed E-state index contributed by atoms with van der Waals surface area (Å²) in [5, 5.41) is 1.69. The lowest BCUT2D eigenvalue weighted by atomic mass is 9.94. The number of halogens is 1. The molecule has 3 heterocycles. The Morgan fingerprint density at radius 2 is 1.86 bits per heavy atom. The summed E-state index contributed by atoms with van der Waals surface area (Å²) in [5.41, 5.74) is 1.98. The summed E-state index contributed by atoms with van der Waals surface area (Å²) < 4.78 is 5.76. The van der Waals surface area contributed by atoms with Gasteiger partial charge in [0.1, 0.15) is 5.15 Å². The first kappa shape index (κ1) is 19.6. The Labute approximate surface area is 171 Å². The predicted molar refractivity (Wildman–Crippen MR) is 111 cm³/mol. The molecule has 0 bridgehead atoms. The summed E-state index contributed by atoms with van der Waals surface area (Å²) in [5.74, 6) is 0.422. The number of nitrogens with zero attached hydrogens (tertiary/aromatic N) is 3. The van der Waals surface area contributed by atoms with E-state index in [0.29, 0.717) is 24.1 Å². The van der Waals surface area contributed by atoms with E-state index < -0.39 is 0 Å². The number of carbonyl (C=O) groups is 1. The summed E-state index contributed by atoms with van der Waals surface area (Å²) in [6.45, 7) is 8.11. The van der Waals surface area contributed by atoms with Gasteiger partial charge in [0.15, 0.2) is 0 Å². The molecule has 0 N–H and O–H groups in total. The lowest BCUT2D eigenvalue weighted by Crippen LogP contribution is -2.51. The monoisotopic (exact) mass is 401 g/mol.